The van der Waals surface area contributed by atoms with Crippen LogP contribution < -0.4 is 44.2 Å². The third-order valence-electron chi connectivity index (χ3n) is 7.43. The second-order valence-corrected chi connectivity index (χ2v) is 16.6. The van der Waals surface area contributed by atoms with E-state index in [0.29, 0.717) is 5.27 Å². The summed E-state index contributed by atoms with van der Waals surface area (Å²) >= 11 is 0. The number of carbonyl (C=O) groups is 1. The van der Waals surface area contributed by atoms with Crippen LogP contribution in [0.5, 0.6) is 0 Å². The summed E-state index contributed by atoms with van der Waals surface area (Å²) in [6.07, 6.45) is 0. The average molecular weight is 691 g/mol. The van der Waals surface area contributed by atoms with Crippen molar-refractivity contribution in [3.8, 4) is 0 Å². The molecule has 5 heteroatoms. The molecule has 6 aromatic carbocycles. The molecule has 0 amide bonds. The van der Waals surface area contributed by atoms with Crippen molar-refractivity contribution in [2.75, 3.05) is 0 Å². The first-order chi connectivity index (χ1) is 19.8. The van der Waals surface area contributed by atoms with Crippen molar-refractivity contribution >= 4 is 51.6 Å². The number of hydrogen-bond donors (Lipinski definition) is 0. The molecule has 0 heterocycles. The molecule has 0 fully saturated rings. The third kappa shape index (κ3) is 5.46. The molecule has 1 nitrogen and oxygen atoms in total. The normalized spacial score (nSPS) is 11.0. The Morgan fingerprint density at radius 1 is 0.310 bits per heavy atom. The Hall–Kier alpha value is -3.24. The summed E-state index contributed by atoms with van der Waals surface area (Å²) in [5.74, 6) is 0. The minimum Gasteiger partial charge on any atom is -1.00 e. The Morgan fingerprint density at radius 3 is 0.595 bits per heavy atom. The quantitative estimate of drug-likeness (QED) is 0.174. The molecule has 0 saturated heterocycles. The standard InChI is InChI=1S/C37H30OP2.ClH.Rh/c38-37(39(31-19-7-1-8-20-31,32-21-9-2-10-22-32)33-23-11-3-12-24-33)40(34-25-13-4-14-26-34,35-27-15-5-16-28-35)36-29-17-6-18-30-36;;/h1-30H;1H;/q+2;;/p-1. The Kier molecular flexibility index (Phi) is 10.8. The Bertz CT molecular complexity index is 1360. The summed E-state index contributed by atoms with van der Waals surface area (Å²) in [6.45, 7) is 0. The molecule has 0 aliphatic heterocycles. The zero-order chi connectivity index (χ0) is 27.3. The van der Waals surface area contributed by atoms with Gasteiger partial charge in [-0.1, -0.05) is 109 Å². The summed E-state index contributed by atoms with van der Waals surface area (Å²) < 4.78 is 0. The van der Waals surface area contributed by atoms with Crippen molar-refractivity contribution in [3.63, 3.8) is 0 Å². The predicted molar refractivity (Wildman–Crippen MR) is 176 cm³/mol. The Morgan fingerprint density at radius 2 is 0.452 bits per heavy atom. The minimum atomic E-state index is -2.85. The molecule has 0 unspecified atom stereocenters. The Labute approximate surface area is 268 Å². The molecule has 0 atom stereocenters. The summed E-state index contributed by atoms with van der Waals surface area (Å²) in [5, 5.41) is 6.74. The van der Waals surface area contributed by atoms with Crippen LogP contribution in [0, 0.1) is 0 Å². The second-order valence-electron chi connectivity index (χ2n) is 9.64. The monoisotopic (exact) mass is 690 g/mol. The van der Waals surface area contributed by atoms with Crippen LogP contribution in [0.4, 0.5) is 4.79 Å². The second kappa shape index (κ2) is 14.3. The van der Waals surface area contributed by atoms with Crippen molar-refractivity contribution in [1.29, 1.82) is 0 Å². The van der Waals surface area contributed by atoms with Crippen LogP contribution in [0.25, 0.3) is 0 Å². The topological polar surface area (TPSA) is 17.1 Å². The number of rotatable bonds is 8. The molecule has 0 bridgehead atoms. The van der Waals surface area contributed by atoms with E-state index in [1.807, 2.05) is 36.4 Å². The van der Waals surface area contributed by atoms with Crippen LogP contribution in [0.1, 0.15) is 0 Å². The van der Waals surface area contributed by atoms with E-state index in [2.05, 4.69) is 146 Å². The molecule has 0 aromatic heterocycles. The van der Waals surface area contributed by atoms with Gasteiger partial charge < -0.3 is 12.4 Å². The first-order valence-electron chi connectivity index (χ1n) is 13.5. The molecule has 42 heavy (non-hydrogen) atoms. The Balaban J connectivity index is 0.00000202. The van der Waals surface area contributed by atoms with Gasteiger partial charge in [0.15, 0.2) is 0 Å². The van der Waals surface area contributed by atoms with Crippen LogP contribution in [-0.4, -0.2) is 5.27 Å². The largest absolute Gasteiger partial charge is 1.00 e. The van der Waals surface area contributed by atoms with E-state index in [1.54, 1.807) is 0 Å². The van der Waals surface area contributed by atoms with Gasteiger partial charge in [-0.2, -0.15) is 0 Å². The van der Waals surface area contributed by atoms with Crippen molar-refractivity contribution in [3.05, 3.63) is 182 Å². The molecule has 6 rings (SSSR count). The van der Waals surface area contributed by atoms with Crippen LogP contribution in [0.3, 0.4) is 0 Å². The van der Waals surface area contributed by atoms with Crippen LogP contribution in [0.2, 0.25) is 0 Å². The molecule has 209 valence electrons. The number of carbonyl (C=O) groups excluding carboxylic acids is 1. The van der Waals surface area contributed by atoms with Gasteiger partial charge in [0.05, 0.1) is 0 Å². The van der Waals surface area contributed by atoms with E-state index < -0.39 is 14.5 Å². The van der Waals surface area contributed by atoms with Gasteiger partial charge in [0, 0.05) is 19.5 Å². The molecule has 0 aliphatic carbocycles. The molecule has 0 aliphatic rings. The first kappa shape index (κ1) is 31.7. The zero-order valence-corrected chi connectivity index (χ0v) is 27.0. The van der Waals surface area contributed by atoms with Crippen LogP contribution >= 0.6 is 14.5 Å². The van der Waals surface area contributed by atoms with E-state index in [0.717, 1.165) is 31.8 Å². The van der Waals surface area contributed by atoms with E-state index in [4.69, 9.17) is 0 Å². The summed E-state index contributed by atoms with van der Waals surface area (Å²) in [4.78, 5) is 16.4. The average Bonchev–Trinajstić information content (AvgIpc) is 3.05. The van der Waals surface area contributed by atoms with E-state index in [-0.39, 0.29) is 31.9 Å². The van der Waals surface area contributed by atoms with Gasteiger partial charge in [-0.3, -0.25) is 0 Å². The molecule has 0 spiro atoms. The first-order valence-corrected chi connectivity index (χ1v) is 17.0. The van der Waals surface area contributed by atoms with Gasteiger partial charge in [0.25, 0.3) is 0 Å². The third-order valence-corrected chi connectivity index (χ3v) is 16.8. The number of halogens is 1. The predicted octanol–water partition coefficient (Wildman–Crippen LogP) is 4.10. The number of benzene rings is 6. The van der Waals surface area contributed by atoms with E-state index in [1.165, 1.54) is 0 Å². The smallest absolute Gasteiger partial charge is 0.426 e. The fourth-order valence-corrected chi connectivity index (χ4v) is 16.4. The van der Waals surface area contributed by atoms with Gasteiger partial charge in [-0.15, -0.1) is 0 Å². The van der Waals surface area contributed by atoms with Crippen LogP contribution in [0.15, 0.2) is 182 Å². The van der Waals surface area contributed by atoms with Gasteiger partial charge in [-0.25, -0.2) is 4.79 Å². The van der Waals surface area contributed by atoms with Crippen LogP contribution in [-0.2, 0) is 19.5 Å². The maximum absolute atomic E-state index is 16.4. The van der Waals surface area contributed by atoms with Gasteiger partial charge in [0.1, 0.15) is 31.8 Å². The SMILES string of the molecule is O=C([P+](c1ccccc1)(c1ccccc1)c1ccccc1)[P+](c1ccccc1)(c1ccccc1)c1ccccc1.[Cl-].[Rh]. The maximum atomic E-state index is 16.4. The summed E-state index contributed by atoms with van der Waals surface area (Å²) in [6, 6.07) is 62.9. The van der Waals surface area contributed by atoms with Gasteiger partial charge >= 0.3 is 5.27 Å². The maximum Gasteiger partial charge on any atom is 0.426 e. The van der Waals surface area contributed by atoms with E-state index >= 15 is 4.79 Å². The van der Waals surface area contributed by atoms with Gasteiger partial charge in [-0.05, 0) is 72.8 Å². The molecular weight excluding hydrogens is 661 g/mol. The molecule has 6 aromatic rings. The van der Waals surface area contributed by atoms with Crippen molar-refractivity contribution in [1.82, 2.24) is 0 Å². The van der Waals surface area contributed by atoms with E-state index in [9.17, 15) is 0 Å². The minimum absolute atomic E-state index is 0. The molecule has 1 radical (unpaired) electrons. The zero-order valence-electron chi connectivity index (χ0n) is 22.8. The molecular formula is C37H30ClOP2Rh+. The van der Waals surface area contributed by atoms with Crippen molar-refractivity contribution in [2.24, 2.45) is 0 Å². The van der Waals surface area contributed by atoms with Crippen molar-refractivity contribution in [2.45, 2.75) is 0 Å². The molecule has 0 saturated carbocycles. The number of hydrogen-bond acceptors (Lipinski definition) is 1. The van der Waals surface area contributed by atoms with Gasteiger partial charge in [0.2, 0.25) is 14.5 Å². The molecule has 0 N–H and O–H groups in total. The van der Waals surface area contributed by atoms with Crippen molar-refractivity contribution < 1.29 is 36.7 Å². The fourth-order valence-electron chi connectivity index (χ4n) is 5.69. The fraction of sp³-hybridized carbons (Fsp3) is 0. The summed E-state index contributed by atoms with van der Waals surface area (Å²) in [5.41, 5.74) is 0. The summed E-state index contributed by atoms with van der Waals surface area (Å²) in [7, 11) is -5.70.